The van der Waals surface area contributed by atoms with Gasteiger partial charge >= 0.3 is 0 Å². The van der Waals surface area contributed by atoms with E-state index < -0.39 is 0 Å². The van der Waals surface area contributed by atoms with Crippen LogP contribution in [-0.4, -0.2) is 11.6 Å². The van der Waals surface area contributed by atoms with Crippen LogP contribution in [-0.2, 0) is 0 Å². The molecule has 2 nitrogen and oxygen atoms in total. The second kappa shape index (κ2) is 3.44. The van der Waals surface area contributed by atoms with Gasteiger partial charge in [-0.15, -0.1) is 0 Å². The van der Waals surface area contributed by atoms with Crippen molar-refractivity contribution in [2.24, 2.45) is 5.84 Å². The number of benzene rings is 1. The van der Waals surface area contributed by atoms with E-state index in [0.29, 0.717) is 0 Å². The van der Waals surface area contributed by atoms with Crippen molar-refractivity contribution >= 4 is 0 Å². The van der Waals surface area contributed by atoms with Gasteiger partial charge in [-0.05, 0) is 30.5 Å². The minimum absolute atomic E-state index is 0.183. The van der Waals surface area contributed by atoms with Gasteiger partial charge in [-0.25, -0.2) is 9.40 Å². The van der Waals surface area contributed by atoms with Crippen LogP contribution in [0.3, 0.4) is 0 Å². The molecule has 1 heterocycles. The number of hydrazine groups is 1. The summed E-state index contributed by atoms with van der Waals surface area (Å²) in [6, 6.07) is 6.89. The Morgan fingerprint density at radius 3 is 2.92 bits per heavy atom. The summed E-state index contributed by atoms with van der Waals surface area (Å²) in [4.78, 5) is 0. The van der Waals surface area contributed by atoms with E-state index in [1.165, 1.54) is 6.07 Å². The average Bonchev–Trinajstić information content (AvgIpc) is 2.51. The summed E-state index contributed by atoms with van der Waals surface area (Å²) in [5.74, 6) is 5.59. The van der Waals surface area contributed by atoms with E-state index in [9.17, 15) is 4.39 Å². The van der Waals surface area contributed by atoms with Crippen LogP contribution >= 0.6 is 0 Å². The summed E-state index contributed by atoms with van der Waals surface area (Å²) in [6.45, 7) is 0.904. The lowest BCUT2D eigenvalue weighted by atomic mass is 10.1. The first kappa shape index (κ1) is 8.66. The minimum atomic E-state index is -0.183. The normalized spacial score (nSPS) is 23.7. The van der Waals surface area contributed by atoms with E-state index in [1.807, 2.05) is 6.07 Å². The van der Waals surface area contributed by atoms with Gasteiger partial charge in [0, 0.05) is 12.6 Å². The molecular formula is C10H13FN2. The number of nitrogens with two attached hydrogens (primary N) is 1. The third-order valence-corrected chi connectivity index (χ3v) is 2.53. The van der Waals surface area contributed by atoms with Crippen LogP contribution in [0, 0.1) is 5.82 Å². The van der Waals surface area contributed by atoms with Gasteiger partial charge in [0.15, 0.2) is 0 Å². The number of hydrogen-bond donors (Lipinski definition) is 1. The highest BCUT2D eigenvalue weighted by Crippen LogP contribution is 2.28. The summed E-state index contributed by atoms with van der Waals surface area (Å²) in [7, 11) is 0. The third kappa shape index (κ3) is 1.71. The van der Waals surface area contributed by atoms with Crippen LogP contribution in [0.2, 0.25) is 0 Å². The Hall–Kier alpha value is -0.930. The van der Waals surface area contributed by atoms with Gasteiger partial charge < -0.3 is 0 Å². The number of rotatable bonds is 1. The molecule has 70 valence electrons. The summed E-state index contributed by atoms with van der Waals surface area (Å²) in [5.41, 5.74) is 0.986. The van der Waals surface area contributed by atoms with Crippen LogP contribution in [0.1, 0.15) is 24.4 Å². The van der Waals surface area contributed by atoms with Crippen molar-refractivity contribution in [3.05, 3.63) is 35.6 Å². The molecule has 1 aromatic carbocycles. The maximum absolute atomic E-state index is 12.9. The summed E-state index contributed by atoms with van der Waals surface area (Å²) < 4.78 is 12.9. The largest absolute Gasteiger partial charge is 0.268 e. The second-order valence-corrected chi connectivity index (χ2v) is 3.45. The lowest BCUT2D eigenvalue weighted by Gasteiger charge is -2.18. The third-order valence-electron chi connectivity index (χ3n) is 2.53. The molecule has 1 aromatic rings. The first-order valence-corrected chi connectivity index (χ1v) is 4.54. The molecule has 3 heteroatoms. The Morgan fingerprint density at radius 2 is 2.31 bits per heavy atom. The molecule has 0 saturated carbocycles. The predicted octanol–water partition coefficient (Wildman–Crippen LogP) is 1.84. The summed E-state index contributed by atoms with van der Waals surface area (Å²) in [6.07, 6.45) is 2.12. The molecule has 1 aliphatic rings. The van der Waals surface area contributed by atoms with Gasteiger partial charge in [-0.1, -0.05) is 12.1 Å². The molecule has 2 N–H and O–H groups in total. The van der Waals surface area contributed by atoms with E-state index >= 15 is 0 Å². The summed E-state index contributed by atoms with van der Waals surface area (Å²) in [5, 5.41) is 1.79. The highest BCUT2D eigenvalue weighted by Gasteiger charge is 2.23. The zero-order chi connectivity index (χ0) is 9.26. The fourth-order valence-corrected chi connectivity index (χ4v) is 1.86. The van der Waals surface area contributed by atoms with Crippen LogP contribution in [0.15, 0.2) is 24.3 Å². The average molecular weight is 180 g/mol. The topological polar surface area (TPSA) is 29.3 Å². The molecular weight excluding hydrogens is 167 g/mol. The smallest absolute Gasteiger partial charge is 0.123 e. The lowest BCUT2D eigenvalue weighted by molar-refractivity contribution is 0.265. The number of halogens is 1. The monoisotopic (exact) mass is 180 g/mol. The fourth-order valence-electron chi connectivity index (χ4n) is 1.86. The highest BCUT2D eigenvalue weighted by molar-refractivity contribution is 5.20. The van der Waals surface area contributed by atoms with Gasteiger partial charge in [-0.3, -0.25) is 5.84 Å². The van der Waals surface area contributed by atoms with Gasteiger partial charge in [0.05, 0.1) is 0 Å². The van der Waals surface area contributed by atoms with Gasteiger partial charge in [0.2, 0.25) is 0 Å². The van der Waals surface area contributed by atoms with Crippen LogP contribution in [0.25, 0.3) is 0 Å². The summed E-state index contributed by atoms with van der Waals surface area (Å²) >= 11 is 0. The van der Waals surface area contributed by atoms with Gasteiger partial charge in [-0.2, -0.15) is 0 Å². The molecule has 1 atom stereocenters. The fraction of sp³-hybridized carbons (Fsp3) is 0.400. The first-order chi connectivity index (χ1) is 6.27. The maximum Gasteiger partial charge on any atom is 0.123 e. The van der Waals surface area contributed by atoms with E-state index in [0.717, 1.165) is 24.9 Å². The molecule has 0 aliphatic carbocycles. The Bertz CT molecular complexity index is 301. The van der Waals surface area contributed by atoms with Crippen molar-refractivity contribution in [1.29, 1.82) is 0 Å². The Morgan fingerprint density at radius 1 is 1.46 bits per heavy atom. The minimum Gasteiger partial charge on any atom is -0.268 e. The highest BCUT2D eigenvalue weighted by atomic mass is 19.1. The molecule has 1 fully saturated rings. The number of nitrogens with zero attached hydrogens (tertiary/aromatic N) is 1. The van der Waals surface area contributed by atoms with E-state index in [4.69, 9.17) is 5.84 Å². The molecule has 0 bridgehead atoms. The van der Waals surface area contributed by atoms with E-state index in [1.54, 1.807) is 17.1 Å². The maximum atomic E-state index is 12.9. The van der Waals surface area contributed by atoms with Gasteiger partial charge in [0.1, 0.15) is 5.82 Å². The Balaban J connectivity index is 2.24. The van der Waals surface area contributed by atoms with Crippen LogP contribution < -0.4 is 5.84 Å². The zero-order valence-corrected chi connectivity index (χ0v) is 7.41. The molecule has 1 saturated heterocycles. The molecule has 1 aliphatic heterocycles. The van der Waals surface area contributed by atoms with Crippen LogP contribution in [0.4, 0.5) is 4.39 Å². The van der Waals surface area contributed by atoms with E-state index in [-0.39, 0.29) is 11.9 Å². The Kier molecular flexibility index (Phi) is 2.29. The van der Waals surface area contributed by atoms with Gasteiger partial charge in [0.25, 0.3) is 0 Å². The predicted molar refractivity (Wildman–Crippen MR) is 49.3 cm³/mol. The van der Waals surface area contributed by atoms with Crippen molar-refractivity contribution in [2.75, 3.05) is 6.54 Å². The second-order valence-electron chi connectivity index (χ2n) is 3.45. The zero-order valence-electron chi connectivity index (χ0n) is 7.41. The molecule has 2 rings (SSSR count). The van der Waals surface area contributed by atoms with Crippen molar-refractivity contribution < 1.29 is 4.39 Å². The van der Waals surface area contributed by atoms with Crippen LogP contribution in [0.5, 0.6) is 0 Å². The SMILES string of the molecule is NN1CCCC1c1cccc(F)c1. The van der Waals surface area contributed by atoms with E-state index in [2.05, 4.69) is 0 Å². The standard InChI is InChI=1S/C10H13FN2/c11-9-4-1-3-8(7-9)10-5-2-6-13(10)12/h1,3-4,7,10H,2,5-6,12H2. The van der Waals surface area contributed by atoms with Crippen molar-refractivity contribution in [3.8, 4) is 0 Å². The molecule has 1 unspecified atom stereocenters. The molecule has 0 radical (unpaired) electrons. The Labute approximate surface area is 77.1 Å². The van der Waals surface area contributed by atoms with Crippen molar-refractivity contribution in [1.82, 2.24) is 5.01 Å². The lowest BCUT2D eigenvalue weighted by Crippen LogP contribution is -2.30. The number of hydrogen-bond acceptors (Lipinski definition) is 2. The molecule has 0 spiro atoms. The first-order valence-electron chi connectivity index (χ1n) is 4.54. The quantitative estimate of drug-likeness (QED) is 0.668. The van der Waals surface area contributed by atoms with Crippen molar-refractivity contribution in [3.63, 3.8) is 0 Å². The molecule has 13 heavy (non-hydrogen) atoms. The molecule has 0 aromatic heterocycles. The van der Waals surface area contributed by atoms with Crippen molar-refractivity contribution in [2.45, 2.75) is 18.9 Å². The molecule has 0 amide bonds.